The van der Waals surface area contributed by atoms with Crippen LogP contribution in [-0.4, -0.2) is 37.9 Å². The van der Waals surface area contributed by atoms with E-state index in [4.69, 9.17) is 4.74 Å². The highest BCUT2D eigenvalue weighted by Crippen LogP contribution is 2.27. The van der Waals surface area contributed by atoms with Crippen LogP contribution in [0.25, 0.3) is 0 Å². The van der Waals surface area contributed by atoms with Crippen LogP contribution in [0.3, 0.4) is 0 Å². The molecule has 0 fully saturated rings. The second-order valence-corrected chi connectivity index (χ2v) is 10.2. The van der Waals surface area contributed by atoms with E-state index < -0.39 is 16.1 Å². The molecule has 0 aliphatic carbocycles. The summed E-state index contributed by atoms with van der Waals surface area (Å²) in [5.41, 5.74) is 5.22. The number of rotatable bonds is 8. The summed E-state index contributed by atoms with van der Waals surface area (Å²) in [5, 5.41) is 0. The monoisotopic (exact) mass is 479 g/mol. The number of sulfonamides is 1. The minimum atomic E-state index is -3.50. The third kappa shape index (κ3) is 5.52. The maximum Gasteiger partial charge on any atom is 0.256 e. The second kappa shape index (κ2) is 10.5. The zero-order valence-corrected chi connectivity index (χ0v) is 20.2. The van der Waals surface area contributed by atoms with Crippen LogP contribution in [0, 0.1) is 6.92 Å². The molecule has 34 heavy (non-hydrogen) atoms. The van der Waals surface area contributed by atoms with E-state index in [1.54, 1.807) is 23.2 Å². The molecule has 0 radical (unpaired) electrons. The minimum Gasteiger partial charge on any atom is -0.367 e. The average Bonchev–Trinajstić information content (AvgIpc) is 2.84. The molecule has 1 aliphatic heterocycles. The van der Waals surface area contributed by atoms with E-state index in [0.29, 0.717) is 19.5 Å². The third-order valence-corrected chi connectivity index (χ3v) is 7.44. The summed E-state index contributed by atoms with van der Waals surface area (Å²) in [6.07, 6.45) is 1.76. The van der Waals surface area contributed by atoms with Gasteiger partial charge in [-0.05, 0) is 41.2 Å². The fourth-order valence-electron chi connectivity index (χ4n) is 4.34. The van der Waals surface area contributed by atoms with Crippen LogP contribution in [0.2, 0.25) is 0 Å². The van der Waals surface area contributed by atoms with Crippen LogP contribution in [0.15, 0.2) is 66.9 Å². The maximum absolute atomic E-state index is 13.2. The van der Waals surface area contributed by atoms with Crippen molar-refractivity contribution >= 4 is 15.9 Å². The molecule has 178 valence electrons. The molecule has 1 aliphatic rings. The quantitative estimate of drug-likeness (QED) is 0.536. The number of ether oxygens (including phenoxy) is 1. The Labute approximate surface area is 200 Å². The molecule has 7 nitrogen and oxygen atoms in total. The van der Waals surface area contributed by atoms with Gasteiger partial charge in [0.25, 0.3) is 5.91 Å². The number of nitrogens with one attached hydrogen (secondary N) is 1. The summed E-state index contributed by atoms with van der Waals surface area (Å²) in [5.74, 6) is -0.166. The number of aryl methyl sites for hydroxylation is 1. The normalized spacial score (nSPS) is 14.5. The van der Waals surface area contributed by atoms with Crippen molar-refractivity contribution in [1.29, 1.82) is 0 Å². The topological polar surface area (TPSA) is 88.6 Å². The van der Waals surface area contributed by atoms with Crippen molar-refractivity contribution < 1.29 is 17.9 Å². The average molecular weight is 480 g/mol. The molecule has 1 atom stereocenters. The molecule has 2 heterocycles. The Morgan fingerprint density at radius 1 is 1.12 bits per heavy atom. The smallest absolute Gasteiger partial charge is 0.256 e. The predicted molar refractivity (Wildman–Crippen MR) is 130 cm³/mol. The summed E-state index contributed by atoms with van der Waals surface area (Å²) in [6, 6.07) is 18.5. The summed E-state index contributed by atoms with van der Waals surface area (Å²) >= 11 is 0. The van der Waals surface area contributed by atoms with Gasteiger partial charge in [-0.3, -0.25) is 9.78 Å². The van der Waals surface area contributed by atoms with E-state index in [1.807, 2.05) is 55.5 Å². The standard InChI is InChI=1S/C26H29N3O4S/c1-19-24(16-28-34(31,32)18-20-9-5-3-6-10-20)23-13-14-29(17-22(23)15-27-19)26(30)25(33-2)21-11-7-4-8-12-21/h3-12,15,25,28H,13-14,16-18H2,1-2H3/t25-/m0/s1. The maximum atomic E-state index is 13.2. The Hall–Kier alpha value is -3.07. The van der Waals surface area contributed by atoms with Gasteiger partial charge in [-0.1, -0.05) is 60.7 Å². The first kappa shape index (κ1) is 24.1. The summed E-state index contributed by atoms with van der Waals surface area (Å²) in [4.78, 5) is 19.5. The number of benzene rings is 2. The molecular weight excluding hydrogens is 450 g/mol. The number of hydrogen-bond donors (Lipinski definition) is 1. The number of amides is 1. The van der Waals surface area contributed by atoms with Crippen molar-refractivity contribution in [2.24, 2.45) is 0 Å². The molecule has 1 N–H and O–H groups in total. The minimum absolute atomic E-state index is 0.0739. The van der Waals surface area contributed by atoms with Crippen molar-refractivity contribution in [1.82, 2.24) is 14.6 Å². The molecule has 0 saturated heterocycles. The zero-order chi connectivity index (χ0) is 24.1. The first-order valence-corrected chi connectivity index (χ1v) is 12.9. The van der Waals surface area contributed by atoms with Crippen molar-refractivity contribution in [3.63, 3.8) is 0 Å². The van der Waals surface area contributed by atoms with E-state index in [1.165, 1.54) is 7.11 Å². The zero-order valence-electron chi connectivity index (χ0n) is 19.4. The number of aromatic nitrogens is 1. The largest absolute Gasteiger partial charge is 0.367 e. The Morgan fingerprint density at radius 2 is 1.79 bits per heavy atom. The lowest BCUT2D eigenvalue weighted by Gasteiger charge is -2.32. The van der Waals surface area contributed by atoms with Crippen molar-refractivity contribution in [2.45, 2.75) is 38.3 Å². The first-order chi connectivity index (χ1) is 16.4. The Bertz CT molecular complexity index is 1250. The molecule has 1 aromatic heterocycles. The van der Waals surface area contributed by atoms with Crippen LogP contribution >= 0.6 is 0 Å². The molecule has 3 aromatic rings. The second-order valence-electron chi connectivity index (χ2n) is 8.43. The van der Waals surface area contributed by atoms with Gasteiger partial charge in [0.05, 0.1) is 5.75 Å². The highest BCUT2D eigenvalue weighted by molar-refractivity contribution is 7.88. The molecule has 8 heteroatoms. The molecule has 0 spiro atoms. The van der Waals surface area contributed by atoms with Crippen LogP contribution in [0.4, 0.5) is 0 Å². The van der Waals surface area contributed by atoms with Crippen molar-refractivity contribution in [3.8, 4) is 0 Å². The van der Waals surface area contributed by atoms with Gasteiger partial charge >= 0.3 is 0 Å². The van der Waals surface area contributed by atoms with E-state index in [2.05, 4.69) is 9.71 Å². The highest BCUT2D eigenvalue weighted by Gasteiger charge is 2.30. The van der Waals surface area contributed by atoms with E-state index in [9.17, 15) is 13.2 Å². The summed E-state index contributed by atoms with van der Waals surface area (Å²) in [6.45, 7) is 3.01. The van der Waals surface area contributed by atoms with Gasteiger partial charge in [0.2, 0.25) is 10.0 Å². The molecule has 0 saturated carbocycles. The number of nitrogens with zero attached hydrogens (tertiary/aromatic N) is 2. The number of pyridine rings is 1. The lowest BCUT2D eigenvalue weighted by atomic mass is 9.94. The summed E-state index contributed by atoms with van der Waals surface area (Å²) < 4.78 is 33.5. The van der Waals surface area contributed by atoms with Crippen LogP contribution in [-0.2, 0) is 44.8 Å². The Kier molecular flexibility index (Phi) is 7.41. The van der Waals surface area contributed by atoms with Crippen molar-refractivity contribution in [2.75, 3.05) is 13.7 Å². The predicted octanol–water partition coefficient (Wildman–Crippen LogP) is 3.28. The fraction of sp³-hybridized carbons (Fsp3) is 0.308. The molecule has 0 unspecified atom stereocenters. The van der Waals surface area contributed by atoms with Gasteiger partial charge in [0, 0.05) is 38.6 Å². The SMILES string of the molecule is CO[C@H](C(=O)N1CCc2c(cnc(C)c2CNS(=O)(=O)Cc2ccccc2)C1)c1ccccc1. The van der Waals surface area contributed by atoms with Gasteiger partial charge in [-0.25, -0.2) is 13.1 Å². The van der Waals surface area contributed by atoms with Gasteiger partial charge in [0.1, 0.15) is 0 Å². The van der Waals surface area contributed by atoms with Gasteiger partial charge < -0.3 is 9.64 Å². The van der Waals surface area contributed by atoms with Gasteiger partial charge in [0.15, 0.2) is 6.10 Å². The van der Waals surface area contributed by atoms with Crippen LogP contribution < -0.4 is 4.72 Å². The molecule has 1 amide bonds. The fourth-order valence-corrected chi connectivity index (χ4v) is 5.44. The lowest BCUT2D eigenvalue weighted by molar-refractivity contribution is -0.143. The molecular formula is C26H29N3O4S. The highest BCUT2D eigenvalue weighted by atomic mass is 32.2. The van der Waals surface area contributed by atoms with Gasteiger partial charge in [-0.2, -0.15) is 0 Å². The number of carbonyl (C=O) groups is 1. The third-order valence-electron chi connectivity index (χ3n) is 6.14. The van der Waals surface area contributed by atoms with Gasteiger partial charge in [-0.15, -0.1) is 0 Å². The number of carbonyl (C=O) groups excluding carboxylic acids is 1. The summed E-state index contributed by atoms with van der Waals surface area (Å²) in [7, 11) is -1.96. The first-order valence-electron chi connectivity index (χ1n) is 11.2. The molecule has 4 rings (SSSR count). The molecule has 0 bridgehead atoms. The van der Waals surface area contributed by atoms with Crippen LogP contribution in [0.5, 0.6) is 0 Å². The van der Waals surface area contributed by atoms with Crippen molar-refractivity contribution in [3.05, 3.63) is 100 Å². The lowest BCUT2D eigenvalue weighted by Crippen LogP contribution is -2.40. The molecule has 2 aromatic carbocycles. The van der Waals surface area contributed by atoms with E-state index in [0.717, 1.165) is 33.5 Å². The van der Waals surface area contributed by atoms with E-state index >= 15 is 0 Å². The van der Waals surface area contributed by atoms with Crippen LogP contribution in [0.1, 0.15) is 39.6 Å². The number of hydrogen-bond acceptors (Lipinski definition) is 5. The van der Waals surface area contributed by atoms with E-state index in [-0.39, 0.29) is 18.2 Å². The Balaban J connectivity index is 1.48. The Morgan fingerprint density at radius 3 is 2.47 bits per heavy atom. The number of fused-ring (bicyclic) bond motifs is 1. The number of methoxy groups -OCH3 is 1.